The smallest absolute Gasteiger partial charge is 0.162 e. The zero-order valence-corrected chi connectivity index (χ0v) is 12.7. The Morgan fingerprint density at radius 1 is 0.913 bits per heavy atom. The number of nitrogens with one attached hydrogen (secondary N) is 1. The first-order chi connectivity index (χ1) is 11.1. The molecule has 0 aliphatic carbocycles. The fourth-order valence-electron chi connectivity index (χ4n) is 2.35. The lowest BCUT2D eigenvalue weighted by Crippen LogP contribution is -1.95. The number of hydrogen-bond donors (Lipinski definition) is 3. The second kappa shape index (κ2) is 5.92. The number of hydrogen-bond acceptors (Lipinski definition) is 6. The number of phenolic OH excluding ortho intramolecular Hbond substituents is 2. The zero-order chi connectivity index (χ0) is 16.4. The molecular weight excluding hydrogens is 296 g/mol. The van der Waals surface area contributed by atoms with Crippen LogP contribution in [0.4, 0.5) is 11.4 Å². The van der Waals surface area contributed by atoms with E-state index >= 15 is 0 Å². The molecule has 0 atom stereocenters. The van der Waals surface area contributed by atoms with E-state index in [1.54, 1.807) is 38.6 Å². The molecule has 0 saturated heterocycles. The van der Waals surface area contributed by atoms with E-state index in [4.69, 9.17) is 9.47 Å². The average Bonchev–Trinajstić information content (AvgIpc) is 2.56. The van der Waals surface area contributed by atoms with Crippen molar-refractivity contribution >= 4 is 22.3 Å². The molecule has 3 aromatic rings. The highest BCUT2D eigenvalue weighted by Gasteiger charge is 2.11. The Bertz CT molecular complexity index is 865. The number of methoxy groups -OCH3 is 2. The highest BCUT2D eigenvalue weighted by atomic mass is 16.5. The maximum Gasteiger partial charge on any atom is 0.162 e. The van der Waals surface area contributed by atoms with Gasteiger partial charge in [0.05, 0.1) is 25.4 Å². The number of aromatic nitrogens is 1. The van der Waals surface area contributed by atoms with Gasteiger partial charge >= 0.3 is 0 Å². The minimum atomic E-state index is -0.0459. The van der Waals surface area contributed by atoms with Gasteiger partial charge in [-0.15, -0.1) is 0 Å². The van der Waals surface area contributed by atoms with Crippen LogP contribution in [-0.4, -0.2) is 29.4 Å². The van der Waals surface area contributed by atoms with Gasteiger partial charge in [-0.1, -0.05) is 0 Å². The van der Waals surface area contributed by atoms with Gasteiger partial charge in [-0.25, -0.2) is 0 Å². The molecule has 0 aliphatic heterocycles. The molecule has 23 heavy (non-hydrogen) atoms. The van der Waals surface area contributed by atoms with E-state index in [0.717, 1.165) is 16.6 Å². The van der Waals surface area contributed by atoms with Crippen LogP contribution < -0.4 is 14.8 Å². The van der Waals surface area contributed by atoms with Gasteiger partial charge in [-0.3, -0.25) is 4.98 Å². The van der Waals surface area contributed by atoms with Crippen molar-refractivity contribution in [3.05, 3.63) is 42.6 Å². The minimum absolute atomic E-state index is 0.000887. The Labute approximate surface area is 132 Å². The molecule has 0 saturated carbocycles. The summed E-state index contributed by atoms with van der Waals surface area (Å²) in [6.45, 7) is 0. The van der Waals surface area contributed by atoms with E-state index in [1.807, 2.05) is 6.07 Å². The van der Waals surface area contributed by atoms with Crippen LogP contribution in [0.15, 0.2) is 42.6 Å². The highest BCUT2D eigenvalue weighted by molar-refractivity contribution is 5.95. The number of fused-ring (bicyclic) bond motifs is 1. The number of ether oxygens (including phenoxy) is 2. The van der Waals surface area contributed by atoms with Crippen LogP contribution in [0.5, 0.6) is 23.0 Å². The number of anilines is 2. The molecule has 2 aromatic carbocycles. The Morgan fingerprint density at radius 3 is 2.35 bits per heavy atom. The fourth-order valence-corrected chi connectivity index (χ4v) is 2.35. The van der Waals surface area contributed by atoms with E-state index in [0.29, 0.717) is 17.2 Å². The van der Waals surface area contributed by atoms with E-state index in [-0.39, 0.29) is 11.5 Å². The average molecular weight is 312 g/mol. The SMILES string of the molecule is COc1cc2nccc(Nc3ccc(O)cc3O)c2cc1OC. The van der Waals surface area contributed by atoms with Crippen molar-refractivity contribution < 1.29 is 19.7 Å². The number of aromatic hydroxyl groups is 2. The van der Waals surface area contributed by atoms with Gasteiger partial charge < -0.3 is 25.0 Å². The van der Waals surface area contributed by atoms with Gasteiger partial charge in [0.1, 0.15) is 11.5 Å². The van der Waals surface area contributed by atoms with Crippen molar-refractivity contribution in [2.45, 2.75) is 0 Å². The van der Waals surface area contributed by atoms with Gasteiger partial charge in [0.15, 0.2) is 11.5 Å². The van der Waals surface area contributed by atoms with Crippen LogP contribution >= 0.6 is 0 Å². The molecule has 3 N–H and O–H groups in total. The maximum atomic E-state index is 9.92. The third-order valence-corrected chi connectivity index (χ3v) is 3.50. The third-order valence-electron chi connectivity index (χ3n) is 3.50. The van der Waals surface area contributed by atoms with Crippen LogP contribution in [0, 0.1) is 0 Å². The first-order valence-corrected chi connectivity index (χ1v) is 6.92. The fraction of sp³-hybridized carbons (Fsp3) is 0.118. The quantitative estimate of drug-likeness (QED) is 0.506. The molecule has 0 unspecified atom stereocenters. The second-order valence-corrected chi connectivity index (χ2v) is 4.91. The van der Waals surface area contributed by atoms with Gasteiger partial charge in [-0.2, -0.15) is 0 Å². The number of nitrogens with zero attached hydrogens (tertiary/aromatic N) is 1. The standard InChI is InChI=1S/C17H16N2O4/c1-22-16-8-11-12(5-6-18-14(11)9-17(16)23-2)19-13-4-3-10(20)7-15(13)21/h3-9,20-21H,1-2H3,(H,18,19). The van der Waals surface area contributed by atoms with E-state index in [9.17, 15) is 10.2 Å². The zero-order valence-electron chi connectivity index (χ0n) is 12.7. The molecule has 0 bridgehead atoms. The number of pyridine rings is 1. The number of rotatable bonds is 4. The molecule has 1 aromatic heterocycles. The molecule has 118 valence electrons. The molecule has 0 aliphatic rings. The van der Waals surface area contributed by atoms with E-state index < -0.39 is 0 Å². The van der Waals surface area contributed by atoms with Crippen molar-refractivity contribution in [1.29, 1.82) is 0 Å². The van der Waals surface area contributed by atoms with Crippen LogP contribution in [0.25, 0.3) is 10.9 Å². The Kier molecular flexibility index (Phi) is 3.80. The predicted molar refractivity (Wildman–Crippen MR) is 87.9 cm³/mol. The lowest BCUT2D eigenvalue weighted by atomic mass is 10.1. The molecular formula is C17H16N2O4. The van der Waals surface area contributed by atoms with Crippen LogP contribution in [0.1, 0.15) is 0 Å². The molecule has 0 amide bonds. The van der Waals surface area contributed by atoms with Crippen LogP contribution in [-0.2, 0) is 0 Å². The summed E-state index contributed by atoms with van der Waals surface area (Å²) in [6, 6.07) is 9.76. The second-order valence-electron chi connectivity index (χ2n) is 4.91. The topological polar surface area (TPSA) is 83.8 Å². The summed E-state index contributed by atoms with van der Waals surface area (Å²) in [5, 5.41) is 23.2. The monoisotopic (exact) mass is 312 g/mol. The van der Waals surface area contributed by atoms with Crippen molar-refractivity contribution in [2.75, 3.05) is 19.5 Å². The normalized spacial score (nSPS) is 10.5. The Balaban J connectivity index is 2.10. The van der Waals surface area contributed by atoms with E-state index in [2.05, 4.69) is 10.3 Å². The van der Waals surface area contributed by atoms with Crippen molar-refractivity contribution in [3.63, 3.8) is 0 Å². The summed E-state index contributed by atoms with van der Waals surface area (Å²) in [7, 11) is 3.14. The lowest BCUT2D eigenvalue weighted by Gasteiger charge is -2.13. The lowest BCUT2D eigenvalue weighted by molar-refractivity contribution is 0.356. The highest BCUT2D eigenvalue weighted by Crippen LogP contribution is 2.37. The summed E-state index contributed by atoms with van der Waals surface area (Å²) in [6.07, 6.45) is 1.66. The van der Waals surface area contributed by atoms with E-state index in [1.165, 1.54) is 12.1 Å². The van der Waals surface area contributed by atoms with Gasteiger partial charge in [0.2, 0.25) is 0 Å². The van der Waals surface area contributed by atoms with Crippen LogP contribution in [0.3, 0.4) is 0 Å². The largest absolute Gasteiger partial charge is 0.508 e. The third kappa shape index (κ3) is 2.78. The van der Waals surface area contributed by atoms with Gasteiger partial charge in [0.25, 0.3) is 0 Å². The molecule has 6 heteroatoms. The molecule has 0 spiro atoms. The first kappa shape index (κ1) is 14.8. The summed E-state index contributed by atoms with van der Waals surface area (Å²) >= 11 is 0. The molecule has 6 nitrogen and oxygen atoms in total. The Hall–Kier alpha value is -3.15. The summed E-state index contributed by atoms with van der Waals surface area (Å²) in [5.41, 5.74) is 1.95. The van der Waals surface area contributed by atoms with Gasteiger partial charge in [-0.05, 0) is 24.3 Å². The summed E-state index contributed by atoms with van der Waals surface area (Å²) < 4.78 is 10.6. The predicted octanol–water partition coefficient (Wildman–Crippen LogP) is 3.41. The van der Waals surface area contributed by atoms with Crippen molar-refractivity contribution in [3.8, 4) is 23.0 Å². The van der Waals surface area contributed by atoms with Gasteiger partial charge in [0, 0.05) is 29.4 Å². The molecule has 0 fully saturated rings. The maximum absolute atomic E-state index is 9.92. The first-order valence-electron chi connectivity index (χ1n) is 6.92. The van der Waals surface area contributed by atoms with Crippen molar-refractivity contribution in [2.24, 2.45) is 0 Å². The number of phenols is 2. The van der Waals surface area contributed by atoms with Crippen LogP contribution in [0.2, 0.25) is 0 Å². The minimum Gasteiger partial charge on any atom is -0.508 e. The molecule has 0 radical (unpaired) electrons. The molecule has 1 heterocycles. The number of benzene rings is 2. The summed E-state index contributed by atoms with van der Waals surface area (Å²) in [5.74, 6) is 1.14. The van der Waals surface area contributed by atoms with Crippen molar-refractivity contribution in [1.82, 2.24) is 4.98 Å². The molecule has 3 rings (SSSR count). The Morgan fingerprint density at radius 2 is 1.65 bits per heavy atom. The summed E-state index contributed by atoms with van der Waals surface area (Å²) in [4.78, 5) is 4.33.